The normalized spacial score (nSPS) is 11.2. The summed E-state index contributed by atoms with van der Waals surface area (Å²) in [5.74, 6) is 0.653. The Morgan fingerprint density at radius 2 is 2.06 bits per heavy atom. The van der Waals surface area contributed by atoms with E-state index in [0.29, 0.717) is 38.4 Å². The van der Waals surface area contributed by atoms with Gasteiger partial charge in [0.15, 0.2) is 11.5 Å². The van der Waals surface area contributed by atoms with Crippen LogP contribution in [-0.4, -0.2) is 28.8 Å². The Labute approximate surface area is 214 Å². The second-order valence-electron chi connectivity index (χ2n) is 7.56. The lowest BCUT2D eigenvalue weighted by Crippen LogP contribution is -2.29. The van der Waals surface area contributed by atoms with Gasteiger partial charge in [-0.1, -0.05) is 37.3 Å². The summed E-state index contributed by atoms with van der Waals surface area (Å²) < 4.78 is 13.4. The maximum atomic E-state index is 12.7. The molecule has 0 saturated heterocycles. The van der Waals surface area contributed by atoms with E-state index in [1.54, 1.807) is 13.2 Å². The topological polar surface area (TPSA) is 94.8 Å². The first kappa shape index (κ1) is 24.6. The average molecular weight is 555 g/mol. The van der Waals surface area contributed by atoms with Gasteiger partial charge >= 0.3 is 0 Å². The van der Waals surface area contributed by atoms with Crippen molar-refractivity contribution < 1.29 is 14.3 Å². The summed E-state index contributed by atoms with van der Waals surface area (Å²) in [6, 6.07) is 15.2. The van der Waals surface area contributed by atoms with Crippen molar-refractivity contribution in [3.8, 4) is 11.5 Å². The molecule has 4 aromatic rings. The van der Waals surface area contributed by atoms with Gasteiger partial charge in [-0.3, -0.25) is 14.2 Å². The quantitative estimate of drug-likeness (QED) is 0.242. The molecule has 35 heavy (non-hydrogen) atoms. The predicted octanol–water partition coefficient (Wildman–Crippen LogP) is 4.52. The van der Waals surface area contributed by atoms with Gasteiger partial charge in [0.2, 0.25) is 0 Å². The largest absolute Gasteiger partial charge is 0.493 e. The molecule has 10 heteroatoms. The van der Waals surface area contributed by atoms with Gasteiger partial charge in [-0.05, 0) is 51.7 Å². The van der Waals surface area contributed by atoms with Gasteiger partial charge < -0.3 is 9.47 Å². The van der Waals surface area contributed by atoms with Crippen LogP contribution in [0.3, 0.4) is 0 Å². The van der Waals surface area contributed by atoms with Gasteiger partial charge in [-0.25, -0.2) is 10.4 Å². The Balaban J connectivity index is 1.41. The molecule has 0 aliphatic heterocycles. The Kier molecular flexibility index (Phi) is 7.94. The lowest BCUT2D eigenvalue weighted by atomic mass is 10.2. The van der Waals surface area contributed by atoms with Crippen LogP contribution in [0.15, 0.2) is 69.2 Å². The van der Waals surface area contributed by atoms with Crippen molar-refractivity contribution >= 4 is 49.6 Å². The molecule has 1 amide bonds. The standard InChI is InChI=1S/C25H23BrN4O4S/c1-3-18-11-19-24(35-18)27-15-30(25(19)32)13-22(31)29-28-12-17-9-20(26)23(21(10-17)33-2)34-14-16-7-5-4-6-8-16/h4-12,15H,3,13-14H2,1-2H3,(H,29,31)/b28-12-. The number of nitrogens with one attached hydrogen (secondary N) is 1. The van der Waals surface area contributed by atoms with E-state index in [4.69, 9.17) is 9.47 Å². The van der Waals surface area contributed by atoms with Gasteiger partial charge in [0.25, 0.3) is 11.5 Å². The lowest BCUT2D eigenvalue weighted by Gasteiger charge is -2.13. The molecule has 0 aliphatic rings. The number of benzene rings is 2. The minimum Gasteiger partial charge on any atom is -0.493 e. The van der Waals surface area contributed by atoms with E-state index < -0.39 is 5.91 Å². The molecule has 0 unspecified atom stereocenters. The fourth-order valence-electron chi connectivity index (χ4n) is 3.35. The summed E-state index contributed by atoms with van der Waals surface area (Å²) in [4.78, 5) is 31.1. The number of thiophene rings is 1. The third kappa shape index (κ3) is 5.95. The zero-order valence-corrected chi connectivity index (χ0v) is 21.6. The summed E-state index contributed by atoms with van der Waals surface area (Å²) in [5.41, 5.74) is 3.92. The Morgan fingerprint density at radius 3 is 2.80 bits per heavy atom. The fourth-order valence-corrected chi connectivity index (χ4v) is 4.85. The zero-order valence-electron chi connectivity index (χ0n) is 19.2. The van der Waals surface area contributed by atoms with Crippen LogP contribution in [0, 0.1) is 0 Å². The second kappa shape index (κ2) is 11.3. The summed E-state index contributed by atoms with van der Waals surface area (Å²) in [6.45, 7) is 2.23. The molecule has 2 heterocycles. The molecule has 8 nitrogen and oxygen atoms in total. The number of fused-ring (bicyclic) bond motifs is 1. The molecular weight excluding hydrogens is 532 g/mol. The maximum Gasteiger partial charge on any atom is 0.262 e. The van der Waals surface area contributed by atoms with Crippen LogP contribution in [0.4, 0.5) is 0 Å². The second-order valence-corrected chi connectivity index (χ2v) is 9.53. The molecule has 0 spiro atoms. The summed E-state index contributed by atoms with van der Waals surface area (Å²) in [6.07, 6.45) is 3.71. The van der Waals surface area contributed by atoms with E-state index in [1.165, 1.54) is 28.4 Å². The van der Waals surface area contributed by atoms with Crippen molar-refractivity contribution in [2.75, 3.05) is 7.11 Å². The van der Waals surface area contributed by atoms with Gasteiger partial charge in [0.05, 0.1) is 29.5 Å². The smallest absolute Gasteiger partial charge is 0.262 e. The molecule has 0 bridgehead atoms. The number of aryl methyl sites for hydroxylation is 1. The summed E-state index contributed by atoms with van der Waals surface area (Å²) >= 11 is 5.00. The monoisotopic (exact) mass is 554 g/mol. The van der Waals surface area contributed by atoms with Crippen LogP contribution in [0.5, 0.6) is 11.5 Å². The van der Waals surface area contributed by atoms with Crippen LogP contribution in [0.1, 0.15) is 22.9 Å². The van der Waals surface area contributed by atoms with Crippen LogP contribution >= 0.6 is 27.3 Å². The number of carbonyl (C=O) groups is 1. The van der Waals surface area contributed by atoms with Crippen molar-refractivity contribution in [1.82, 2.24) is 15.0 Å². The number of halogens is 1. The van der Waals surface area contributed by atoms with Gasteiger partial charge in [0.1, 0.15) is 18.0 Å². The first-order valence-corrected chi connectivity index (χ1v) is 12.4. The lowest BCUT2D eigenvalue weighted by molar-refractivity contribution is -0.121. The molecule has 2 aromatic heterocycles. The molecule has 2 aromatic carbocycles. The van der Waals surface area contributed by atoms with E-state index in [9.17, 15) is 9.59 Å². The molecule has 1 N–H and O–H groups in total. The highest BCUT2D eigenvalue weighted by atomic mass is 79.9. The molecule has 180 valence electrons. The molecule has 0 aliphatic carbocycles. The minimum atomic E-state index is -0.440. The van der Waals surface area contributed by atoms with Gasteiger partial charge in [-0.2, -0.15) is 5.10 Å². The molecular formula is C25H23BrN4O4S. The third-order valence-corrected chi connectivity index (χ3v) is 6.89. The summed E-state index contributed by atoms with van der Waals surface area (Å²) in [5, 5.41) is 4.54. The minimum absolute atomic E-state index is 0.185. The molecule has 0 radical (unpaired) electrons. The highest BCUT2D eigenvalue weighted by Crippen LogP contribution is 2.36. The van der Waals surface area contributed by atoms with Crippen molar-refractivity contribution in [1.29, 1.82) is 0 Å². The Hall–Kier alpha value is -3.50. The SMILES string of the molecule is CCc1cc2c(=O)n(CC(=O)N/N=C\c3cc(Br)c(OCc4ccccc4)c(OC)c3)cnc2s1. The number of aromatic nitrogens is 2. The molecule has 4 rings (SSSR count). The van der Waals surface area contributed by atoms with Gasteiger partial charge in [0, 0.05) is 4.88 Å². The van der Waals surface area contributed by atoms with E-state index in [-0.39, 0.29) is 12.1 Å². The number of methoxy groups -OCH3 is 1. The highest BCUT2D eigenvalue weighted by Gasteiger charge is 2.13. The van der Waals surface area contributed by atoms with Crippen molar-refractivity contribution in [2.45, 2.75) is 26.5 Å². The highest BCUT2D eigenvalue weighted by molar-refractivity contribution is 9.10. The van der Waals surface area contributed by atoms with Crippen molar-refractivity contribution in [2.24, 2.45) is 5.10 Å². The van der Waals surface area contributed by atoms with E-state index in [2.05, 4.69) is 31.4 Å². The van der Waals surface area contributed by atoms with Crippen LogP contribution in [0.2, 0.25) is 0 Å². The van der Waals surface area contributed by atoms with Crippen LogP contribution in [0.25, 0.3) is 10.2 Å². The van der Waals surface area contributed by atoms with E-state index in [0.717, 1.165) is 16.9 Å². The average Bonchev–Trinajstić information content (AvgIpc) is 3.30. The number of amides is 1. The third-order valence-electron chi connectivity index (χ3n) is 5.11. The zero-order chi connectivity index (χ0) is 24.8. The molecule has 0 saturated carbocycles. The number of hydrazone groups is 1. The number of hydrogen-bond acceptors (Lipinski definition) is 7. The van der Waals surface area contributed by atoms with Gasteiger partial charge in [-0.15, -0.1) is 11.3 Å². The first-order valence-electron chi connectivity index (χ1n) is 10.8. The first-order chi connectivity index (χ1) is 17.0. The summed E-state index contributed by atoms with van der Waals surface area (Å²) in [7, 11) is 1.55. The van der Waals surface area contributed by atoms with E-state index >= 15 is 0 Å². The van der Waals surface area contributed by atoms with Crippen molar-refractivity contribution in [3.63, 3.8) is 0 Å². The maximum absolute atomic E-state index is 12.7. The van der Waals surface area contributed by atoms with E-state index in [1.807, 2.05) is 49.4 Å². The Morgan fingerprint density at radius 1 is 1.26 bits per heavy atom. The number of ether oxygens (including phenoxy) is 2. The molecule has 0 fully saturated rings. The number of carbonyl (C=O) groups excluding carboxylic acids is 1. The predicted molar refractivity (Wildman–Crippen MR) is 140 cm³/mol. The number of rotatable bonds is 9. The number of hydrogen-bond donors (Lipinski definition) is 1. The van der Waals surface area contributed by atoms with Crippen LogP contribution < -0.4 is 20.5 Å². The number of nitrogens with zero attached hydrogens (tertiary/aromatic N) is 3. The molecule has 0 atom stereocenters. The van der Waals surface area contributed by atoms with Crippen LogP contribution in [-0.2, 0) is 24.4 Å². The Bertz CT molecular complexity index is 1430. The van der Waals surface area contributed by atoms with Crippen molar-refractivity contribution in [3.05, 3.63) is 85.7 Å². The fraction of sp³-hybridized carbons (Fsp3) is 0.200.